The van der Waals surface area contributed by atoms with E-state index in [4.69, 9.17) is 0 Å². The molecule has 6 heteroatoms. The lowest BCUT2D eigenvalue weighted by molar-refractivity contribution is 0.422. The van der Waals surface area contributed by atoms with E-state index in [1.54, 1.807) is 18.0 Å². The minimum atomic E-state index is -2.57. The van der Waals surface area contributed by atoms with Crippen molar-refractivity contribution < 1.29 is 4.57 Å². The molecule has 0 amide bonds. The summed E-state index contributed by atoms with van der Waals surface area (Å²) in [7, 11) is -0.765. The topological polar surface area (TPSA) is 38.7 Å². The Hall–Kier alpha value is -1.16. The predicted molar refractivity (Wildman–Crippen MR) is 72.6 cm³/mol. The molecular formula is C12H17N4OP. The molecule has 2 aliphatic heterocycles. The molecule has 2 saturated heterocycles. The van der Waals surface area contributed by atoms with Crippen molar-refractivity contribution in [2.24, 2.45) is 5.10 Å². The second-order valence-electron chi connectivity index (χ2n) is 4.57. The molecule has 1 aromatic rings. The Balaban J connectivity index is 1.75. The smallest absolute Gasteiger partial charge is 0.262 e. The van der Waals surface area contributed by atoms with Crippen molar-refractivity contribution in [1.29, 1.82) is 0 Å². The van der Waals surface area contributed by atoms with Crippen LogP contribution < -0.4 is 0 Å². The maximum atomic E-state index is 12.9. The summed E-state index contributed by atoms with van der Waals surface area (Å²) in [5, 5.41) is 4.35. The van der Waals surface area contributed by atoms with Crippen LogP contribution in [0, 0.1) is 0 Å². The predicted octanol–water partition coefficient (Wildman–Crippen LogP) is 1.69. The van der Waals surface area contributed by atoms with E-state index in [0.29, 0.717) is 0 Å². The molecule has 0 radical (unpaired) electrons. The zero-order chi connectivity index (χ0) is 12.6. The molecule has 18 heavy (non-hydrogen) atoms. The van der Waals surface area contributed by atoms with Crippen molar-refractivity contribution in [2.75, 3.05) is 33.2 Å². The van der Waals surface area contributed by atoms with Crippen molar-refractivity contribution in [3.8, 4) is 0 Å². The van der Waals surface area contributed by atoms with Crippen LogP contribution in [0.15, 0.2) is 35.4 Å². The Morgan fingerprint density at radius 3 is 2.22 bits per heavy atom. The van der Waals surface area contributed by atoms with Gasteiger partial charge >= 0.3 is 7.59 Å². The van der Waals surface area contributed by atoms with Gasteiger partial charge in [0, 0.05) is 33.2 Å². The molecule has 1 aromatic carbocycles. The van der Waals surface area contributed by atoms with Crippen LogP contribution in [-0.2, 0) is 4.57 Å². The van der Waals surface area contributed by atoms with Crippen LogP contribution in [0.3, 0.4) is 0 Å². The van der Waals surface area contributed by atoms with Crippen LogP contribution in [-0.4, -0.2) is 53.6 Å². The Kier molecular flexibility index (Phi) is 2.98. The lowest BCUT2D eigenvalue weighted by Crippen LogP contribution is -2.19. The third kappa shape index (κ3) is 2.21. The van der Waals surface area contributed by atoms with Gasteiger partial charge in [0.2, 0.25) is 0 Å². The first-order valence-electron chi connectivity index (χ1n) is 6.15. The molecule has 0 N–H and O–H groups in total. The Morgan fingerprint density at radius 2 is 1.72 bits per heavy atom. The van der Waals surface area contributed by atoms with Gasteiger partial charge in [-0.1, -0.05) is 30.3 Å². The first kappa shape index (κ1) is 11.9. The van der Waals surface area contributed by atoms with E-state index < -0.39 is 7.59 Å². The first-order valence-corrected chi connectivity index (χ1v) is 7.72. The van der Waals surface area contributed by atoms with Crippen molar-refractivity contribution in [2.45, 2.75) is 0 Å². The number of hydrazone groups is 1. The number of hydrogen-bond acceptors (Lipinski definition) is 2. The van der Waals surface area contributed by atoms with Gasteiger partial charge in [-0.25, -0.2) is 14.1 Å². The lowest BCUT2D eigenvalue weighted by Gasteiger charge is -2.27. The van der Waals surface area contributed by atoms with Crippen LogP contribution in [0.25, 0.3) is 0 Å². The number of benzene rings is 1. The summed E-state index contributed by atoms with van der Waals surface area (Å²) in [6.45, 7) is 3.66. The fourth-order valence-corrected chi connectivity index (χ4v) is 4.41. The standard InChI is InChI=1S/C12H17N4OP/c1-14(13-11-12-5-3-2-4-6-12)18(17,15-7-8-15)16-9-10-16/h2-6,11H,7-10H2,1H3/b13-11+. The molecule has 2 heterocycles. The zero-order valence-electron chi connectivity index (χ0n) is 10.4. The summed E-state index contributed by atoms with van der Waals surface area (Å²) in [6.07, 6.45) is 1.76. The largest absolute Gasteiger partial charge is 0.326 e. The van der Waals surface area contributed by atoms with E-state index >= 15 is 0 Å². The maximum Gasteiger partial charge on any atom is 0.326 e. The number of nitrogens with zero attached hydrogens (tertiary/aromatic N) is 4. The minimum Gasteiger partial charge on any atom is -0.262 e. The molecule has 5 nitrogen and oxygen atoms in total. The minimum absolute atomic E-state index is 0.916. The molecule has 0 saturated carbocycles. The quantitative estimate of drug-likeness (QED) is 0.351. The summed E-state index contributed by atoms with van der Waals surface area (Å²) in [6, 6.07) is 9.87. The van der Waals surface area contributed by atoms with Crippen LogP contribution in [0.5, 0.6) is 0 Å². The highest BCUT2D eigenvalue weighted by molar-refractivity contribution is 7.57. The molecule has 2 fully saturated rings. The van der Waals surface area contributed by atoms with E-state index in [2.05, 4.69) is 5.10 Å². The van der Waals surface area contributed by atoms with E-state index in [0.717, 1.165) is 31.7 Å². The fourth-order valence-electron chi connectivity index (χ4n) is 1.91. The maximum absolute atomic E-state index is 12.9. The second kappa shape index (κ2) is 4.50. The molecule has 0 spiro atoms. The monoisotopic (exact) mass is 264 g/mol. The molecular weight excluding hydrogens is 247 g/mol. The van der Waals surface area contributed by atoms with Gasteiger partial charge in [0.15, 0.2) is 0 Å². The van der Waals surface area contributed by atoms with Crippen molar-refractivity contribution in [1.82, 2.24) is 14.1 Å². The molecule has 0 atom stereocenters. The summed E-state index contributed by atoms with van der Waals surface area (Å²) in [5.74, 6) is 0. The summed E-state index contributed by atoms with van der Waals surface area (Å²) in [5.41, 5.74) is 1.02. The van der Waals surface area contributed by atoms with Gasteiger partial charge in [-0.05, 0) is 5.56 Å². The molecule has 96 valence electrons. The van der Waals surface area contributed by atoms with Gasteiger partial charge in [0.25, 0.3) is 0 Å². The number of rotatable bonds is 5. The molecule has 0 aromatic heterocycles. The van der Waals surface area contributed by atoms with Gasteiger partial charge in [-0.15, -0.1) is 0 Å². The molecule has 0 unspecified atom stereocenters. The SMILES string of the molecule is CN(/N=C/c1ccccc1)P(=O)(N1CC1)N1CC1. The fraction of sp³-hybridized carbons (Fsp3) is 0.417. The van der Waals surface area contributed by atoms with Crippen LogP contribution in [0.2, 0.25) is 0 Å². The highest BCUT2D eigenvalue weighted by Crippen LogP contribution is 2.62. The summed E-state index contributed by atoms with van der Waals surface area (Å²) >= 11 is 0. The van der Waals surface area contributed by atoms with E-state index in [9.17, 15) is 4.57 Å². The lowest BCUT2D eigenvalue weighted by atomic mass is 10.2. The van der Waals surface area contributed by atoms with Crippen molar-refractivity contribution >= 4 is 13.8 Å². The third-order valence-corrected chi connectivity index (χ3v) is 6.27. The highest BCUT2D eigenvalue weighted by Gasteiger charge is 2.50. The highest BCUT2D eigenvalue weighted by atomic mass is 31.2. The molecule has 2 aliphatic rings. The average Bonchev–Trinajstić information content (AvgIpc) is 3.28. The summed E-state index contributed by atoms with van der Waals surface area (Å²) < 4.78 is 18.6. The average molecular weight is 264 g/mol. The Bertz CT molecular complexity index is 480. The van der Waals surface area contributed by atoms with Crippen LogP contribution in [0.1, 0.15) is 5.56 Å². The van der Waals surface area contributed by atoms with E-state index in [-0.39, 0.29) is 0 Å². The second-order valence-corrected chi connectivity index (χ2v) is 7.30. The van der Waals surface area contributed by atoms with Gasteiger partial charge in [0.05, 0.1) is 6.21 Å². The first-order chi connectivity index (χ1) is 8.71. The van der Waals surface area contributed by atoms with Crippen LogP contribution in [0.4, 0.5) is 0 Å². The Labute approximate surface area is 107 Å². The van der Waals surface area contributed by atoms with Crippen molar-refractivity contribution in [3.05, 3.63) is 35.9 Å². The van der Waals surface area contributed by atoms with Crippen LogP contribution >= 0.6 is 7.59 Å². The molecule has 0 aliphatic carbocycles. The molecule has 3 rings (SSSR count). The number of hydrogen-bond donors (Lipinski definition) is 0. The summed E-state index contributed by atoms with van der Waals surface area (Å²) in [4.78, 5) is 0. The van der Waals surface area contributed by atoms with Gasteiger partial charge in [-0.3, -0.25) is 4.57 Å². The molecule has 0 bridgehead atoms. The van der Waals surface area contributed by atoms with E-state index in [1.807, 2.05) is 39.7 Å². The normalized spacial score (nSPS) is 20.3. The van der Waals surface area contributed by atoms with Gasteiger partial charge in [-0.2, -0.15) is 5.10 Å². The van der Waals surface area contributed by atoms with Gasteiger partial charge in [0.1, 0.15) is 0 Å². The third-order valence-electron chi connectivity index (χ3n) is 3.13. The van der Waals surface area contributed by atoms with E-state index in [1.165, 1.54) is 0 Å². The van der Waals surface area contributed by atoms with Gasteiger partial charge < -0.3 is 0 Å². The van der Waals surface area contributed by atoms with Crippen molar-refractivity contribution in [3.63, 3.8) is 0 Å². The zero-order valence-corrected chi connectivity index (χ0v) is 11.3. The Morgan fingerprint density at radius 1 is 1.17 bits per heavy atom.